The fourth-order valence-electron chi connectivity index (χ4n) is 1.93. The Bertz CT molecular complexity index is 541. The average Bonchev–Trinajstić information content (AvgIpc) is 3.19. The molecule has 0 atom stereocenters. The van der Waals surface area contributed by atoms with Gasteiger partial charge in [0.2, 0.25) is 10.0 Å². The van der Waals surface area contributed by atoms with Crippen LogP contribution in [0.5, 0.6) is 0 Å². The molecule has 2 rings (SSSR count). The van der Waals surface area contributed by atoms with Gasteiger partial charge in [0.25, 0.3) is 0 Å². The van der Waals surface area contributed by atoms with E-state index in [1.54, 1.807) is 12.1 Å². The van der Waals surface area contributed by atoms with E-state index in [4.69, 9.17) is 5.11 Å². The molecule has 0 unspecified atom stereocenters. The van der Waals surface area contributed by atoms with Gasteiger partial charge in [-0.3, -0.25) is 0 Å². The van der Waals surface area contributed by atoms with Crippen molar-refractivity contribution in [1.29, 1.82) is 0 Å². The molecule has 4 nitrogen and oxygen atoms in total. The number of nitrogens with one attached hydrogen (secondary N) is 1. The first kappa shape index (κ1) is 15.0. The zero-order valence-electron chi connectivity index (χ0n) is 10.6. The summed E-state index contributed by atoms with van der Waals surface area (Å²) in [5.41, 5.74) is 0.585. The summed E-state index contributed by atoms with van der Waals surface area (Å²) in [6, 6.07) is 4.83. The molecule has 1 fully saturated rings. The van der Waals surface area contributed by atoms with Crippen molar-refractivity contribution in [2.75, 3.05) is 6.54 Å². The minimum Gasteiger partial charge on any atom is -0.392 e. The Hall–Kier alpha value is -0.430. The topological polar surface area (TPSA) is 66.4 Å². The molecule has 0 heterocycles. The lowest BCUT2D eigenvalue weighted by Crippen LogP contribution is -2.25. The fourth-order valence-corrected chi connectivity index (χ4v) is 4.02. The summed E-state index contributed by atoms with van der Waals surface area (Å²) in [5, 5.41) is 9.07. The minimum atomic E-state index is -3.51. The summed E-state index contributed by atoms with van der Waals surface area (Å²) in [6.45, 7) is 0.298. The van der Waals surface area contributed by atoms with Gasteiger partial charge in [-0.1, -0.05) is 18.9 Å². The number of hydrogen-bond donors (Lipinski definition) is 2. The lowest BCUT2D eigenvalue weighted by molar-refractivity contribution is 0.281. The molecule has 0 aliphatic heterocycles. The molecular formula is C13H18BrNO3S. The third kappa shape index (κ3) is 4.27. The standard InChI is InChI=1S/C13H18BrNO3S/c14-12-6-5-11(9-16)8-13(12)19(17,18)15-7-1-2-10-3-4-10/h5-6,8,10,15-16H,1-4,7,9H2. The molecule has 0 bridgehead atoms. The molecule has 1 aromatic rings. The second-order valence-corrected chi connectivity index (χ2v) is 7.50. The molecule has 1 saturated carbocycles. The van der Waals surface area contributed by atoms with Crippen molar-refractivity contribution in [1.82, 2.24) is 4.72 Å². The lowest BCUT2D eigenvalue weighted by atomic mass is 10.2. The number of aliphatic hydroxyl groups is 1. The average molecular weight is 348 g/mol. The van der Waals surface area contributed by atoms with Crippen LogP contribution in [-0.2, 0) is 16.6 Å². The second kappa shape index (κ2) is 6.35. The highest BCUT2D eigenvalue weighted by atomic mass is 79.9. The van der Waals surface area contributed by atoms with Crippen molar-refractivity contribution in [3.05, 3.63) is 28.2 Å². The Morgan fingerprint density at radius 1 is 1.37 bits per heavy atom. The largest absolute Gasteiger partial charge is 0.392 e. The van der Waals surface area contributed by atoms with Crippen molar-refractivity contribution in [2.24, 2.45) is 5.92 Å². The van der Waals surface area contributed by atoms with E-state index in [2.05, 4.69) is 20.7 Å². The number of rotatable bonds is 7. The van der Waals surface area contributed by atoms with Crippen molar-refractivity contribution >= 4 is 26.0 Å². The van der Waals surface area contributed by atoms with Gasteiger partial charge in [-0.25, -0.2) is 13.1 Å². The van der Waals surface area contributed by atoms with Gasteiger partial charge in [0.15, 0.2) is 0 Å². The maximum absolute atomic E-state index is 12.2. The van der Waals surface area contributed by atoms with Crippen LogP contribution in [0.1, 0.15) is 31.2 Å². The fraction of sp³-hybridized carbons (Fsp3) is 0.538. The van der Waals surface area contributed by atoms with Crippen LogP contribution in [0.15, 0.2) is 27.6 Å². The predicted octanol–water partition coefficient (Wildman–Crippen LogP) is 2.41. The van der Waals surface area contributed by atoms with Crippen LogP contribution < -0.4 is 4.72 Å². The van der Waals surface area contributed by atoms with Gasteiger partial charge in [0.05, 0.1) is 11.5 Å². The molecule has 0 spiro atoms. The Morgan fingerprint density at radius 3 is 2.74 bits per heavy atom. The number of hydrogen-bond acceptors (Lipinski definition) is 3. The summed E-state index contributed by atoms with van der Waals surface area (Å²) < 4.78 is 27.4. The summed E-state index contributed by atoms with van der Waals surface area (Å²) >= 11 is 3.24. The maximum Gasteiger partial charge on any atom is 0.241 e. The lowest BCUT2D eigenvalue weighted by Gasteiger charge is -2.09. The third-order valence-corrected chi connectivity index (χ3v) is 5.70. The van der Waals surface area contributed by atoms with Gasteiger partial charge in [-0.15, -0.1) is 0 Å². The zero-order chi connectivity index (χ0) is 13.9. The number of benzene rings is 1. The van der Waals surface area contributed by atoms with Gasteiger partial charge in [0.1, 0.15) is 0 Å². The highest BCUT2D eigenvalue weighted by molar-refractivity contribution is 9.10. The molecule has 0 amide bonds. The second-order valence-electron chi connectivity index (χ2n) is 4.91. The van der Waals surface area contributed by atoms with Crippen molar-refractivity contribution in [3.63, 3.8) is 0 Å². The van der Waals surface area contributed by atoms with Crippen LogP contribution in [0, 0.1) is 5.92 Å². The minimum absolute atomic E-state index is 0.169. The highest BCUT2D eigenvalue weighted by Gasteiger charge is 2.21. The van der Waals surface area contributed by atoms with E-state index < -0.39 is 10.0 Å². The van der Waals surface area contributed by atoms with E-state index in [-0.39, 0.29) is 11.5 Å². The maximum atomic E-state index is 12.2. The van der Waals surface area contributed by atoms with Gasteiger partial charge in [-0.2, -0.15) is 0 Å². The first-order chi connectivity index (χ1) is 9.03. The number of aliphatic hydroxyl groups excluding tert-OH is 1. The van der Waals surface area contributed by atoms with Crippen LogP contribution in [-0.4, -0.2) is 20.1 Å². The van der Waals surface area contributed by atoms with Gasteiger partial charge >= 0.3 is 0 Å². The molecular weight excluding hydrogens is 330 g/mol. The van der Waals surface area contributed by atoms with Gasteiger partial charge in [0, 0.05) is 11.0 Å². The number of sulfonamides is 1. The smallest absolute Gasteiger partial charge is 0.241 e. The summed E-state index contributed by atoms with van der Waals surface area (Å²) in [7, 11) is -3.51. The van der Waals surface area contributed by atoms with Crippen molar-refractivity contribution in [3.8, 4) is 0 Å². The van der Waals surface area contributed by atoms with E-state index in [1.807, 2.05) is 0 Å². The predicted molar refractivity (Wildman–Crippen MR) is 77.2 cm³/mol. The molecule has 1 aliphatic carbocycles. The number of halogens is 1. The Kier molecular flexibility index (Phi) is 5.00. The van der Waals surface area contributed by atoms with Gasteiger partial charge < -0.3 is 5.11 Å². The van der Waals surface area contributed by atoms with Crippen molar-refractivity contribution < 1.29 is 13.5 Å². The van der Waals surface area contributed by atoms with Crippen LogP contribution >= 0.6 is 15.9 Å². The van der Waals surface area contributed by atoms with Gasteiger partial charge in [-0.05, 0) is 52.4 Å². The van der Waals surface area contributed by atoms with Crippen LogP contribution in [0.4, 0.5) is 0 Å². The summed E-state index contributed by atoms with van der Waals surface area (Å²) in [6.07, 6.45) is 4.55. The Labute approximate surface area is 122 Å². The third-order valence-electron chi connectivity index (χ3n) is 3.25. The zero-order valence-corrected chi connectivity index (χ0v) is 13.0. The quantitative estimate of drug-likeness (QED) is 0.744. The first-order valence-corrected chi connectivity index (χ1v) is 8.69. The van der Waals surface area contributed by atoms with E-state index in [0.29, 0.717) is 16.6 Å². The monoisotopic (exact) mass is 347 g/mol. The van der Waals surface area contributed by atoms with Crippen LogP contribution in [0.2, 0.25) is 0 Å². The molecule has 0 radical (unpaired) electrons. The molecule has 2 N–H and O–H groups in total. The summed E-state index contributed by atoms with van der Waals surface area (Å²) in [4.78, 5) is 0.186. The summed E-state index contributed by atoms with van der Waals surface area (Å²) in [5.74, 6) is 0.814. The normalized spacial score (nSPS) is 15.7. The SMILES string of the molecule is O=S(=O)(NCCCC1CC1)c1cc(CO)ccc1Br. The van der Waals surface area contributed by atoms with E-state index in [0.717, 1.165) is 18.8 Å². The van der Waals surface area contributed by atoms with E-state index >= 15 is 0 Å². The first-order valence-electron chi connectivity index (χ1n) is 6.42. The van der Waals surface area contributed by atoms with E-state index in [1.165, 1.54) is 18.9 Å². The highest BCUT2D eigenvalue weighted by Crippen LogP contribution is 2.33. The van der Waals surface area contributed by atoms with Crippen molar-refractivity contribution in [2.45, 2.75) is 37.2 Å². The molecule has 6 heteroatoms. The molecule has 106 valence electrons. The van der Waals surface area contributed by atoms with Crippen LogP contribution in [0.3, 0.4) is 0 Å². The van der Waals surface area contributed by atoms with Crippen LogP contribution in [0.25, 0.3) is 0 Å². The molecule has 1 aromatic carbocycles. The Balaban J connectivity index is 2.00. The Morgan fingerprint density at radius 2 is 2.11 bits per heavy atom. The molecule has 19 heavy (non-hydrogen) atoms. The van der Waals surface area contributed by atoms with E-state index in [9.17, 15) is 8.42 Å². The molecule has 0 aromatic heterocycles. The molecule has 1 aliphatic rings. The molecule has 0 saturated heterocycles.